The number of H-pyrrole nitrogens is 1. The number of aliphatic hydroxyl groups is 1. The summed E-state index contributed by atoms with van der Waals surface area (Å²) in [4.78, 5) is 53.1. The van der Waals surface area contributed by atoms with E-state index in [1.807, 2.05) is 0 Å². The van der Waals surface area contributed by atoms with Crippen LogP contribution in [-0.2, 0) is 25.6 Å². The number of carboxylic acids is 1. The molecule has 1 aromatic heterocycles. The smallest absolute Gasteiger partial charge is 0.322 e. The summed E-state index contributed by atoms with van der Waals surface area (Å²) in [6.07, 6.45) is 2.90. The Morgan fingerprint density at radius 2 is 1.92 bits per heavy atom. The molecule has 1 aromatic rings. The summed E-state index contributed by atoms with van der Waals surface area (Å²) >= 11 is 0. The summed E-state index contributed by atoms with van der Waals surface area (Å²) in [7, 11) is 0. The molecule has 3 amide bonds. The van der Waals surface area contributed by atoms with Crippen LogP contribution in [-0.4, -0.2) is 75.1 Å². The molecular weight excluding hydrogens is 348 g/mol. The fourth-order valence-corrected chi connectivity index (χ4v) is 1.88. The molecule has 0 spiro atoms. The average Bonchev–Trinajstić information content (AvgIpc) is 3.10. The van der Waals surface area contributed by atoms with E-state index in [2.05, 4.69) is 25.9 Å². The second kappa shape index (κ2) is 10.1. The third kappa shape index (κ3) is 6.86. The monoisotopic (exact) mass is 370 g/mol. The maximum Gasteiger partial charge on any atom is 0.322 e. The molecule has 3 unspecified atom stereocenters. The second-order valence-electron chi connectivity index (χ2n) is 5.47. The Kier molecular flexibility index (Phi) is 8.18. The van der Waals surface area contributed by atoms with Gasteiger partial charge in [-0.2, -0.15) is 0 Å². The molecule has 1 rings (SSSR count). The number of carbonyl (C=O) groups is 4. The molecule has 0 aromatic carbocycles. The zero-order valence-corrected chi connectivity index (χ0v) is 14.1. The molecule has 0 bridgehead atoms. The molecule has 144 valence electrons. The number of aliphatic carboxylic acids is 1. The summed E-state index contributed by atoms with van der Waals surface area (Å²) in [5.41, 5.74) is 5.97. The molecule has 0 radical (unpaired) electrons. The minimum atomic E-state index is -1.22. The van der Waals surface area contributed by atoms with Crippen molar-refractivity contribution < 1.29 is 29.4 Å². The predicted molar refractivity (Wildman–Crippen MR) is 87.5 cm³/mol. The van der Waals surface area contributed by atoms with Gasteiger partial charge in [-0.15, -0.1) is 0 Å². The van der Waals surface area contributed by atoms with Gasteiger partial charge in [-0.05, 0) is 6.92 Å². The number of aliphatic hydroxyl groups excluding tert-OH is 1. The molecule has 0 aliphatic carbocycles. The Hall–Kier alpha value is -2.99. The van der Waals surface area contributed by atoms with Crippen molar-refractivity contribution in [1.82, 2.24) is 25.9 Å². The van der Waals surface area contributed by atoms with E-state index in [1.54, 1.807) is 0 Å². The summed E-state index contributed by atoms with van der Waals surface area (Å²) in [6.45, 7) is 0.181. The van der Waals surface area contributed by atoms with E-state index in [0.29, 0.717) is 5.69 Å². The van der Waals surface area contributed by atoms with Crippen molar-refractivity contribution in [3.05, 3.63) is 18.2 Å². The molecule has 0 saturated carbocycles. The third-order valence-electron chi connectivity index (χ3n) is 3.31. The molecule has 0 saturated heterocycles. The standard InChI is InChI=1S/C14H22N6O6/c1-7(12(24)17-4-11(22)23)19-14(26)10(2-8-3-16-6-18-8)20-13(25)9(15)5-21/h3,6-7,9-10,21H,2,4-5,15H2,1H3,(H,16,18)(H,17,24)(H,19,26)(H,20,25)(H,22,23). The van der Waals surface area contributed by atoms with Crippen LogP contribution in [0.1, 0.15) is 12.6 Å². The van der Waals surface area contributed by atoms with Gasteiger partial charge in [-0.3, -0.25) is 19.2 Å². The lowest BCUT2D eigenvalue weighted by molar-refractivity contribution is -0.138. The molecular formula is C14H22N6O6. The largest absolute Gasteiger partial charge is 0.480 e. The number of aromatic nitrogens is 2. The van der Waals surface area contributed by atoms with Crippen molar-refractivity contribution >= 4 is 23.7 Å². The SMILES string of the molecule is CC(NC(=O)C(Cc1cnc[nH]1)NC(=O)C(N)CO)C(=O)NCC(=O)O. The number of aromatic amines is 1. The highest BCUT2D eigenvalue weighted by atomic mass is 16.4. The number of hydrogen-bond acceptors (Lipinski definition) is 7. The van der Waals surface area contributed by atoms with Crippen LogP contribution in [0.15, 0.2) is 12.5 Å². The Morgan fingerprint density at radius 3 is 2.46 bits per heavy atom. The molecule has 8 N–H and O–H groups in total. The first-order valence-corrected chi connectivity index (χ1v) is 7.68. The number of carboxylic acid groups (broad SMARTS) is 1. The van der Waals surface area contributed by atoms with Crippen molar-refractivity contribution in [2.75, 3.05) is 13.2 Å². The number of rotatable bonds is 10. The first-order chi connectivity index (χ1) is 12.2. The van der Waals surface area contributed by atoms with Gasteiger partial charge < -0.3 is 36.9 Å². The number of imidazole rings is 1. The van der Waals surface area contributed by atoms with Crippen LogP contribution in [0.5, 0.6) is 0 Å². The van der Waals surface area contributed by atoms with Crippen molar-refractivity contribution in [3.8, 4) is 0 Å². The van der Waals surface area contributed by atoms with E-state index in [1.165, 1.54) is 19.4 Å². The summed E-state index contributed by atoms with van der Waals surface area (Å²) in [5, 5.41) is 24.4. The van der Waals surface area contributed by atoms with Crippen LogP contribution in [0.4, 0.5) is 0 Å². The van der Waals surface area contributed by atoms with E-state index in [-0.39, 0.29) is 6.42 Å². The predicted octanol–water partition coefficient (Wildman–Crippen LogP) is -3.54. The van der Waals surface area contributed by atoms with Crippen LogP contribution < -0.4 is 21.7 Å². The lowest BCUT2D eigenvalue weighted by Crippen LogP contribution is -2.56. The van der Waals surface area contributed by atoms with Crippen molar-refractivity contribution in [2.24, 2.45) is 5.73 Å². The lowest BCUT2D eigenvalue weighted by Gasteiger charge is -2.21. The van der Waals surface area contributed by atoms with Gasteiger partial charge in [-0.1, -0.05) is 0 Å². The second-order valence-corrected chi connectivity index (χ2v) is 5.47. The number of hydrogen-bond donors (Lipinski definition) is 7. The van der Waals surface area contributed by atoms with Gasteiger partial charge in [0.15, 0.2) is 0 Å². The fourth-order valence-electron chi connectivity index (χ4n) is 1.88. The summed E-state index contributed by atoms with van der Waals surface area (Å²) in [6, 6.07) is -3.33. The fraction of sp³-hybridized carbons (Fsp3) is 0.500. The molecule has 26 heavy (non-hydrogen) atoms. The van der Waals surface area contributed by atoms with E-state index >= 15 is 0 Å². The summed E-state index contributed by atoms with van der Waals surface area (Å²) < 4.78 is 0. The summed E-state index contributed by atoms with van der Waals surface area (Å²) in [5.74, 6) is -3.34. The van der Waals surface area contributed by atoms with Gasteiger partial charge >= 0.3 is 5.97 Å². The molecule has 1 heterocycles. The number of nitrogens with zero attached hydrogens (tertiary/aromatic N) is 1. The Balaban J connectivity index is 2.74. The van der Waals surface area contributed by atoms with Gasteiger partial charge in [0.25, 0.3) is 0 Å². The van der Waals surface area contributed by atoms with Crippen LogP contribution in [0.25, 0.3) is 0 Å². The van der Waals surface area contributed by atoms with Gasteiger partial charge in [0, 0.05) is 18.3 Å². The highest BCUT2D eigenvalue weighted by molar-refractivity contribution is 5.93. The van der Waals surface area contributed by atoms with Crippen LogP contribution in [0.2, 0.25) is 0 Å². The minimum absolute atomic E-state index is 0.0409. The van der Waals surface area contributed by atoms with Crippen molar-refractivity contribution in [3.63, 3.8) is 0 Å². The molecule has 0 aliphatic rings. The molecule has 0 fully saturated rings. The first kappa shape index (κ1) is 21.1. The first-order valence-electron chi connectivity index (χ1n) is 7.68. The normalized spacial score (nSPS) is 14.0. The Bertz CT molecular complexity index is 634. The van der Waals surface area contributed by atoms with E-state index in [9.17, 15) is 19.2 Å². The molecule has 12 nitrogen and oxygen atoms in total. The zero-order valence-electron chi connectivity index (χ0n) is 14.1. The van der Waals surface area contributed by atoms with Crippen LogP contribution in [0, 0.1) is 0 Å². The number of nitrogens with two attached hydrogens (primary N) is 1. The number of amides is 3. The molecule has 0 aliphatic heterocycles. The van der Waals surface area contributed by atoms with E-state index in [4.69, 9.17) is 15.9 Å². The van der Waals surface area contributed by atoms with Crippen molar-refractivity contribution in [2.45, 2.75) is 31.5 Å². The number of nitrogens with one attached hydrogen (secondary N) is 4. The van der Waals surface area contributed by atoms with Gasteiger partial charge in [0.2, 0.25) is 17.7 Å². The van der Waals surface area contributed by atoms with Crippen LogP contribution >= 0.6 is 0 Å². The van der Waals surface area contributed by atoms with Gasteiger partial charge in [0.05, 0.1) is 12.9 Å². The Labute approximate surface area is 148 Å². The Morgan fingerprint density at radius 1 is 1.23 bits per heavy atom. The topological polar surface area (TPSA) is 200 Å². The zero-order chi connectivity index (χ0) is 19.7. The van der Waals surface area contributed by atoms with Gasteiger partial charge in [-0.25, -0.2) is 4.98 Å². The van der Waals surface area contributed by atoms with Crippen molar-refractivity contribution in [1.29, 1.82) is 0 Å². The molecule has 12 heteroatoms. The van der Waals surface area contributed by atoms with Crippen LogP contribution in [0.3, 0.4) is 0 Å². The molecule has 3 atom stereocenters. The third-order valence-corrected chi connectivity index (χ3v) is 3.31. The lowest BCUT2D eigenvalue weighted by atomic mass is 10.1. The minimum Gasteiger partial charge on any atom is -0.480 e. The van der Waals surface area contributed by atoms with E-state index < -0.39 is 55.0 Å². The van der Waals surface area contributed by atoms with E-state index in [0.717, 1.165) is 0 Å². The highest BCUT2D eigenvalue weighted by Crippen LogP contribution is 2.00. The number of carbonyl (C=O) groups excluding carboxylic acids is 3. The average molecular weight is 370 g/mol. The maximum absolute atomic E-state index is 12.4. The van der Waals surface area contributed by atoms with Gasteiger partial charge in [0.1, 0.15) is 24.7 Å². The maximum atomic E-state index is 12.4. The highest BCUT2D eigenvalue weighted by Gasteiger charge is 2.26. The quantitative estimate of drug-likeness (QED) is 0.219.